The molecule has 0 radical (unpaired) electrons. The Bertz CT molecular complexity index is 842. The van der Waals surface area contributed by atoms with Gasteiger partial charge in [-0.1, -0.05) is 31.2 Å². The summed E-state index contributed by atoms with van der Waals surface area (Å²) in [4.78, 5) is 19.8. The zero-order chi connectivity index (χ0) is 17.8. The highest BCUT2D eigenvalue weighted by Gasteiger charge is 2.18. The van der Waals surface area contributed by atoms with Gasteiger partial charge < -0.3 is 9.88 Å². The molecule has 1 saturated heterocycles. The Morgan fingerprint density at radius 3 is 2.48 bits per heavy atom. The molecule has 1 aromatic carbocycles. The molecule has 1 aliphatic heterocycles. The van der Waals surface area contributed by atoms with Crippen molar-refractivity contribution in [2.24, 2.45) is 0 Å². The van der Waals surface area contributed by atoms with Crippen LogP contribution in [0.2, 0.25) is 0 Å². The summed E-state index contributed by atoms with van der Waals surface area (Å²) in [5.74, 6) is 0. The van der Waals surface area contributed by atoms with Crippen molar-refractivity contribution >= 4 is 0 Å². The number of piperazine rings is 1. The van der Waals surface area contributed by atoms with Crippen LogP contribution in [0.4, 0.5) is 0 Å². The minimum Gasteiger partial charge on any atom is -0.325 e. The van der Waals surface area contributed by atoms with E-state index in [1.807, 2.05) is 31.2 Å². The lowest BCUT2D eigenvalue weighted by Crippen LogP contribution is -2.45. The molecule has 3 rings (SSSR count). The number of nitriles is 1. The lowest BCUT2D eigenvalue weighted by molar-refractivity contribution is 0.132. The second-order valence-corrected chi connectivity index (χ2v) is 6.55. The van der Waals surface area contributed by atoms with Gasteiger partial charge in [-0.3, -0.25) is 9.69 Å². The fraction of sp³-hybridized carbons (Fsp3) is 0.400. The SMILES string of the molecule is CCN1CCN(Cc2ccccc2-c2cc(C)[nH]c(=O)c2C#N)CC1. The third kappa shape index (κ3) is 3.81. The summed E-state index contributed by atoms with van der Waals surface area (Å²) >= 11 is 0. The molecular formula is C20H24N4O. The Morgan fingerprint density at radius 1 is 1.12 bits per heavy atom. The molecule has 2 aromatic rings. The number of H-pyrrole nitrogens is 1. The van der Waals surface area contributed by atoms with Gasteiger partial charge in [-0.05, 0) is 30.7 Å². The third-order valence-electron chi connectivity index (χ3n) is 4.89. The van der Waals surface area contributed by atoms with E-state index in [1.165, 1.54) is 0 Å². The molecule has 1 N–H and O–H groups in total. The maximum Gasteiger partial charge on any atom is 0.266 e. The van der Waals surface area contributed by atoms with E-state index < -0.39 is 0 Å². The number of benzene rings is 1. The number of hydrogen-bond donors (Lipinski definition) is 1. The van der Waals surface area contributed by atoms with E-state index in [0.717, 1.165) is 61.7 Å². The number of aryl methyl sites for hydroxylation is 1. The van der Waals surface area contributed by atoms with Gasteiger partial charge in [0.1, 0.15) is 11.6 Å². The van der Waals surface area contributed by atoms with Crippen LogP contribution in [-0.4, -0.2) is 47.5 Å². The van der Waals surface area contributed by atoms with Crippen molar-refractivity contribution in [2.75, 3.05) is 32.7 Å². The van der Waals surface area contributed by atoms with E-state index in [0.29, 0.717) is 0 Å². The van der Waals surface area contributed by atoms with Gasteiger partial charge in [-0.25, -0.2) is 0 Å². The normalized spacial score (nSPS) is 15.9. The quantitative estimate of drug-likeness (QED) is 0.931. The fourth-order valence-electron chi connectivity index (χ4n) is 3.44. The molecule has 130 valence electrons. The largest absolute Gasteiger partial charge is 0.325 e. The summed E-state index contributed by atoms with van der Waals surface area (Å²) < 4.78 is 0. The van der Waals surface area contributed by atoms with Gasteiger partial charge in [0.25, 0.3) is 5.56 Å². The lowest BCUT2D eigenvalue weighted by Gasteiger charge is -2.34. The molecule has 0 bridgehead atoms. The Hall–Kier alpha value is -2.42. The molecule has 0 aliphatic carbocycles. The van der Waals surface area contributed by atoms with E-state index in [9.17, 15) is 10.1 Å². The van der Waals surface area contributed by atoms with Crippen LogP contribution >= 0.6 is 0 Å². The highest BCUT2D eigenvalue weighted by Crippen LogP contribution is 2.27. The topological polar surface area (TPSA) is 63.1 Å². The van der Waals surface area contributed by atoms with E-state index in [-0.39, 0.29) is 11.1 Å². The number of hydrogen-bond acceptors (Lipinski definition) is 4. The Kier molecular flexibility index (Phi) is 5.32. The van der Waals surface area contributed by atoms with Crippen molar-refractivity contribution in [2.45, 2.75) is 20.4 Å². The lowest BCUT2D eigenvalue weighted by atomic mass is 9.96. The van der Waals surface area contributed by atoms with Gasteiger partial charge in [0.15, 0.2) is 0 Å². The number of pyridine rings is 1. The molecule has 5 heteroatoms. The van der Waals surface area contributed by atoms with Gasteiger partial charge in [0.2, 0.25) is 0 Å². The molecule has 1 aromatic heterocycles. The van der Waals surface area contributed by atoms with Gasteiger partial charge in [0, 0.05) is 44.0 Å². The number of nitrogens with one attached hydrogen (secondary N) is 1. The van der Waals surface area contributed by atoms with Crippen LogP contribution in [-0.2, 0) is 6.54 Å². The zero-order valence-electron chi connectivity index (χ0n) is 14.9. The zero-order valence-corrected chi connectivity index (χ0v) is 14.9. The maximum absolute atomic E-state index is 12.1. The fourth-order valence-corrected chi connectivity index (χ4v) is 3.44. The van der Waals surface area contributed by atoms with Gasteiger partial charge in [0.05, 0.1) is 0 Å². The van der Waals surface area contributed by atoms with E-state index >= 15 is 0 Å². The Morgan fingerprint density at radius 2 is 1.80 bits per heavy atom. The summed E-state index contributed by atoms with van der Waals surface area (Å²) in [6.45, 7) is 10.2. The van der Waals surface area contributed by atoms with Crippen molar-refractivity contribution in [3.05, 3.63) is 57.5 Å². The average Bonchev–Trinajstić information content (AvgIpc) is 2.62. The van der Waals surface area contributed by atoms with Gasteiger partial charge in [-0.15, -0.1) is 0 Å². The minimum atomic E-state index is -0.316. The number of rotatable bonds is 4. The van der Waals surface area contributed by atoms with Crippen molar-refractivity contribution in [1.82, 2.24) is 14.8 Å². The van der Waals surface area contributed by atoms with Crippen LogP contribution in [0.3, 0.4) is 0 Å². The number of likely N-dealkylation sites (N-methyl/N-ethyl adjacent to an activating group) is 1. The van der Waals surface area contributed by atoms with Gasteiger partial charge in [-0.2, -0.15) is 5.26 Å². The second-order valence-electron chi connectivity index (χ2n) is 6.55. The minimum absolute atomic E-state index is 0.189. The van der Waals surface area contributed by atoms with Crippen LogP contribution in [0.5, 0.6) is 0 Å². The average molecular weight is 336 g/mol. The van der Waals surface area contributed by atoms with Crippen LogP contribution < -0.4 is 5.56 Å². The summed E-state index contributed by atoms with van der Waals surface area (Å²) in [6, 6.07) is 12.1. The molecule has 0 spiro atoms. The first-order valence-electron chi connectivity index (χ1n) is 8.79. The summed E-state index contributed by atoms with van der Waals surface area (Å²) in [6.07, 6.45) is 0. The predicted molar refractivity (Wildman–Crippen MR) is 99.3 cm³/mol. The highest BCUT2D eigenvalue weighted by atomic mass is 16.1. The summed E-state index contributed by atoms with van der Waals surface area (Å²) in [7, 11) is 0. The van der Waals surface area contributed by atoms with Gasteiger partial charge >= 0.3 is 0 Å². The molecule has 0 unspecified atom stereocenters. The second kappa shape index (κ2) is 7.64. The molecule has 1 aliphatic rings. The van der Waals surface area contributed by atoms with Crippen molar-refractivity contribution in [3.63, 3.8) is 0 Å². The predicted octanol–water partition coefficient (Wildman–Crippen LogP) is 2.36. The number of aromatic nitrogens is 1. The molecule has 0 amide bonds. The standard InChI is InChI=1S/C20H24N4O/c1-3-23-8-10-24(11-9-23)14-16-6-4-5-7-17(16)18-12-15(2)22-20(25)19(18)13-21/h4-7,12H,3,8-11,14H2,1-2H3,(H,22,25). The van der Waals surface area contributed by atoms with Crippen LogP contribution in [0.1, 0.15) is 23.7 Å². The van der Waals surface area contributed by atoms with Crippen LogP contribution in [0.25, 0.3) is 11.1 Å². The maximum atomic E-state index is 12.1. The van der Waals surface area contributed by atoms with Crippen LogP contribution in [0.15, 0.2) is 35.1 Å². The Labute approximate surface area is 148 Å². The van der Waals surface area contributed by atoms with E-state index in [2.05, 4.69) is 33.8 Å². The first-order chi connectivity index (χ1) is 12.1. The van der Waals surface area contributed by atoms with Crippen LogP contribution in [0, 0.1) is 18.3 Å². The summed E-state index contributed by atoms with van der Waals surface area (Å²) in [5, 5.41) is 9.43. The molecule has 25 heavy (non-hydrogen) atoms. The third-order valence-corrected chi connectivity index (χ3v) is 4.89. The van der Waals surface area contributed by atoms with Crippen molar-refractivity contribution < 1.29 is 0 Å². The molecular weight excluding hydrogens is 312 g/mol. The molecule has 5 nitrogen and oxygen atoms in total. The van der Waals surface area contributed by atoms with E-state index in [1.54, 1.807) is 0 Å². The number of aromatic amines is 1. The molecule has 0 saturated carbocycles. The van der Waals surface area contributed by atoms with E-state index in [4.69, 9.17) is 0 Å². The molecule has 0 atom stereocenters. The van der Waals surface area contributed by atoms with Crippen molar-refractivity contribution in [1.29, 1.82) is 5.26 Å². The molecule has 1 fully saturated rings. The molecule has 2 heterocycles. The first-order valence-corrected chi connectivity index (χ1v) is 8.79. The number of nitrogens with zero attached hydrogens (tertiary/aromatic N) is 3. The summed E-state index contributed by atoms with van der Waals surface area (Å²) in [5.41, 5.74) is 3.51. The first kappa shape index (κ1) is 17.4. The smallest absolute Gasteiger partial charge is 0.266 e. The Balaban J connectivity index is 1.93. The highest BCUT2D eigenvalue weighted by molar-refractivity contribution is 5.73. The van der Waals surface area contributed by atoms with Crippen molar-refractivity contribution in [3.8, 4) is 17.2 Å². The monoisotopic (exact) mass is 336 g/mol.